The Bertz CT molecular complexity index is 451. The van der Waals surface area contributed by atoms with Gasteiger partial charge in [-0.2, -0.15) is 0 Å². The molecule has 1 aromatic rings. The van der Waals surface area contributed by atoms with Crippen molar-refractivity contribution in [2.45, 2.75) is 45.2 Å². The smallest absolute Gasteiger partial charge is 0.309 e. The van der Waals surface area contributed by atoms with Gasteiger partial charge in [-0.25, -0.2) is 0 Å². The van der Waals surface area contributed by atoms with Crippen molar-refractivity contribution in [3.05, 3.63) is 35.9 Å². The predicted molar refractivity (Wildman–Crippen MR) is 77.9 cm³/mol. The maximum absolute atomic E-state index is 11.8. The number of nitrogens with one attached hydrogen (secondary N) is 2. The quantitative estimate of drug-likeness (QED) is 0.828. The van der Waals surface area contributed by atoms with E-state index in [1.807, 2.05) is 30.3 Å². The molecular weight excluding hydrogens is 252 g/mol. The zero-order valence-corrected chi connectivity index (χ0v) is 11.9. The molecule has 1 aliphatic rings. The van der Waals surface area contributed by atoms with Crippen molar-refractivity contribution in [2.24, 2.45) is 5.92 Å². The first kappa shape index (κ1) is 14.6. The Morgan fingerprint density at radius 2 is 1.70 bits per heavy atom. The van der Waals surface area contributed by atoms with Crippen LogP contribution in [0.2, 0.25) is 0 Å². The molecule has 0 unspecified atom stereocenters. The zero-order chi connectivity index (χ0) is 14.4. The van der Waals surface area contributed by atoms with Crippen LogP contribution in [0, 0.1) is 5.92 Å². The molecule has 2 N–H and O–H groups in total. The van der Waals surface area contributed by atoms with Crippen LogP contribution >= 0.6 is 0 Å². The summed E-state index contributed by atoms with van der Waals surface area (Å²) in [5.74, 6) is -0.331. The van der Waals surface area contributed by atoms with Gasteiger partial charge >= 0.3 is 11.8 Å². The normalized spacial score (nSPS) is 22.1. The van der Waals surface area contributed by atoms with Crippen LogP contribution in [0.15, 0.2) is 30.3 Å². The molecule has 108 valence electrons. The molecule has 0 heterocycles. The number of carbonyl (C=O) groups excluding carboxylic acids is 2. The summed E-state index contributed by atoms with van der Waals surface area (Å²) >= 11 is 0. The maximum atomic E-state index is 11.8. The van der Waals surface area contributed by atoms with E-state index in [0.29, 0.717) is 6.54 Å². The summed E-state index contributed by atoms with van der Waals surface area (Å²) in [6.45, 7) is 2.61. The van der Waals surface area contributed by atoms with Gasteiger partial charge in [0.15, 0.2) is 0 Å². The largest absolute Gasteiger partial charge is 0.345 e. The van der Waals surface area contributed by atoms with Crippen LogP contribution in [0.5, 0.6) is 0 Å². The SMILES string of the molecule is CC1CCC(NC(=O)C(=O)NCc2ccccc2)CC1. The highest BCUT2D eigenvalue weighted by Gasteiger charge is 2.22. The first-order chi connectivity index (χ1) is 9.65. The Hall–Kier alpha value is -1.84. The summed E-state index contributed by atoms with van der Waals surface area (Å²) in [5.41, 5.74) is 0.986. The molecule has 2 rings (SSSR count). The molecule has 1 aromatic carbocycles. The van der Waals surface area contributed by atoms with Crippen LogP contribution < -0.4 is 10.6 Å². The number of rotatable bonds is 3. The fourth-order valence-corrected chi connectivity index (χ4v) is 2.51. The highest BCUT2D eigenvalue weighted by atomic mass is 16.2. The van der Waals surface area contributed by atoms with E-state index in [1.165, 1.54) is 0 Å². The summed E-state index contributed by atoms with van der Waals surface area (Å²) in [7, 11) is 0. The summed E-state index contributed by atoms with van der Waals surface area (Å²) < 4.78 is 0. The second-order valence-corrected chi connectivity index (χ2v) is 5.60. The lowest BCUT2D eigenvalue weighted by Gasteiger charge is -2.26. The maximum Gasteiger partial charge on any atom is 0.309 e. The molecule has 4 nitrogen and oxygen atoms in total. The molecular formula is C16H22N2O2. The lowest BCUT2D eigenvalue weighted by atomic mass is 9.87. The second kappa shape index (κ2) is 7.08. The van der Waals surface area contributed by atoms with Crippen LogP contribution in [0.25, 0.3) is 0 Å². The standard InChI is InChI=1S/C16H22N2O2/c1-12-7-9-14(10-8-12)18-16(20)15(19)17-11-13-5-3-2-4-6-13/h2-6,12,14H,7-11H2,1H3,(H,17,19)(H,18,20). The van der Waals surface area contributed by atoms with Crippen molar-refractivity contribution in [1.82, 2.24) is 10.6 Å². The van der Waals surface area contributed by atoms with Crippen molar-refractivity contribution in [1.29, 1.82) is 0 Å². The minimum Gasteiger partial charge on any atom is -0.345 e. The van der Waals surface area contributed by atoms with Gasteiger partial charge in [0.2, 0.25) is 0 Å². The van der Waals surface area contributed by atoms with E-state index in [1.54, 1.807) is 0 Å². The van der Waals surface area contributed by atoms with Crippen molar-refractivity contribution < 1.29 is 9.59 Å². The van der Waals surface area contributed by atoms with E-state index >= 15 is 0 Å². The van der Waals surface area contributed by atoms with Gasteiger partial charge in [-0.1, -0.05) is 37.3 Å². The first-order valence-electron chi connectivity index (χ1n) is 7.28. The number of hydrogen-bond acceptors (Lipinski definition) is 2. The number of benzene rings is 1. The Morgan fingerprint density at radius 1 is 1.05 bits per heavy atom. The van der Waals surface area contributed by atoms with E-state index in [4.69, 9.17) is 0 Å². The molecule has 0 atom stereocenters. The fourth-order valence-electron chi connectivity index (χ4n) is 2.51. The van der Waals surface area contributed by atoms with Gasteiger partial charge in [0.05, 0.1) is 0 Å². The molecule has 1 saturated carbocycles. The van der Waals surface area contributed by atoms with Gasteiger partial charge in [-0.3, -0.25) is 9.59 Å². The van der Waals surface area contributed by atoms with E-state index < -0.39 is 11.8 Å². The summed E-state index contributed by atoms with van der Waals surface area (Å²) in [6, 6.07) is 9.72. The second-order valence-electron chi connectivity index (χ2n) is 5.60. The van der Waals surface area contributed by atoms with Crippen LogP contribution in [-0.4, -0.2) is 17.9 Å². The predicted octanol–water partition coefficient (Wildman–Crippen LogP) is 2.00. The fraction of sp³-hybridized carbons (Fsp3) is 0.500. The van der Waals surface area contributed by atoms with Gasteiger partial charge in [-0.05, 0) is 37.2 Å². The Balaban J connectivity index is 1.73. The summed E-state index contributed by atoms with van der Waals surface area (Å²) in [4.78, 5) is 23.5. The third-order valence-electron chi connectivity index (χ3n) is 3.85. The van der Waals surface area contributed by atoms with Gasteiger partial charge in [-0.15, -0.1) is 0 Å². The third kappa shape index (κ3) is 4.37. The minimum absolute atomic E-state index is 0.154. The molecule has 4 heteroatoms. The topological polar surface area (TPSA) is 58.2 Å². The highest BCUT2D eigenvalue weighted by Crippen LogP contribution is 2.23. The van der Waals surface area contributed by atoms with Crippen molar-refractivity contribution in [2.75, 3.05) is 0 Å². The molecule has 0 aliphatic heterocycles. The molecule has 0 aromatic heterocycles. The van der Waals surface area contributed by atoms with E-state index in [0.717, 1.165) is 37.2 Å². The number of carbonyl (C=O) groups is 2. The molecule has 0 bridgehead atoms. The summed E-state index contributed by atoms with van der Waals surface area (Å²) in [5, 5.41) is 5.47. The monoisotopic (exact) mass is 274 g/mol. The van der Waals surface area contributed by atoms with Gasteiger partial charge in [0.1, 0.15) is 0 Å². The van der Waals surface area contributed by atoms with Crippen molar-refractivity contribution in [3.63, 3.8) is 0 Å². The van der Waals surface area contributed by atoms with E-state index in [-0.39, 0.29) is 6.04 Å². The lowest BCUT2D eigenvalue weighted by molar-refractivity contribution is -0.139. The summed E-state index contributed by atoms with van der Waals surface area (Å²) in [6.07, 6.45) is 4.19. The lowest BCUT2D eigenvalue weighted by Crippen LogP contribution is -2.45. The first-order valence-corrected chi connectivity index (χ1v) is 7.28. The third-order valence-corrected chi connectivity index (χ3v) is 3.85. The molecule has 0 spiro atoms. The number of hydrogen-bond donors (Lipinski definition) is 2. The molecule has 1 fully saturated rings. The Kier molecular flexibility index (Phi) is 5.16. The molecule has 0 radical (unpaired) electrons. The molecule has 2 amide bonds. The molecule has 1 aliphatic carbocycles. The minimum atomic E-state index is -0.549. The Labute approximate surface area is 119 Å². The van der Waals surface area contributed by atoms with Gasteiger partial charge in [0, 0.05) is 12.6 Å². The molecule has 20 heavy (non-hydrogen) atoms. The van der Waals surface area contributed by atoms with Crippen LogP contribution in [0.3, 0.4) is 0 Å². The average molecular weight is 274 g/mol. The molecule has 0 saturated heterocycles. The highest BCUT2D eigenvalue weighted by molar-refractivity contribution is 6.35. The average Bonchev–Trinajstić information content (AvgIpc) is 2.48. The van der Waals surface area contributed by atoms with Crippen molar-refractivity contribution >= 4 is 11.8 Å². The van der Waals surface area contributed by atoms with E-state index in [2.05, 4.69) is 17.6 Å². The van der Waals surface area contributed by atoms with E-state index in [9.17, 15) is 9.59 Å². The number of amides is 2. The van der Waals surface area contributed by atoms with Crippen LogP contribution in [0.4, 0.5) is 0 Å². The Morgan fingerprint density at radius 3 is 2.35 bits per heavy atom. The van der Waals surface area contributed by atoms with Gasteiger partial charge < -0.3 is 10.6 Å². The zero-order valence-electron chi connectivity index (χ0n) is 11.9. The van der Waals surface area contributed by atoms with Crippen molar-refractivity contribution in [3.8, 4) is 0 Å². The van der Waals surface area contributed by atoms with Crippen LogP contribution in [0.1, 0.15) is 38.2 Å². The van der Waals surface area contributed by atoms with Crippen LogP contribution in [-0.2, 0) is 16.1 Å². The van der Waals surface area contributed by atoms with Gasteiger partial charge in [0.25, 0.3) is 0 Å².